The molecule has 0 saturated heterocycles. The first kappa shape index (κ1) is 22.2. The maximum atomic E-state index is 13.3. The summed E-state index contributed by atoms with van der Waals surface area (Å²) in [5.41, 5.74) is 6.24. The number of hydrogen-bond acceptors (Lipinski definition) is 5. The molecule has 0 bridgehead atoms. The predicted octanol–water partition coefficient (Wildman–Crippen LogP) is 6.50. The maximum absolute atomic E-state index is 13.3. The Morgan fingerprint density at radius 1 is 1.18 bits per heavy atom. The van der Waals surface area contributed by atoms with E-state index in [1.54, 1.807) is 11.8 Å². The summed E-state index contributed by atoms with van der Waals surface area (Å²) >= 11 is 8.22. The molecule has 2 aromatic carbocycles. The highest BCUT2D eigenvalue weighted by molar-refractivity contribution is 7.98. The van der Waals surface area contributed by atoms with Gasteiger partial charge in [-0.2, -0.15) is 4.98 Å². The number of thioether (sulfide) groups is 1. The van der Waals surface area contributed by atoms with E-state index in [-0.39, 0.29) is 17.2 Å². The van der Waals surface area contributed by atoms with Gasteiger partial charge in [0.1, 0.15) is 6.04 Å². The lowest BCUT2D eigenvalue weighted by molar-refractivity contribution is -0.118. The monoisotopic (exact) mass is 478 g/mol. The zero-order chi connectivity index (χ0) is 23.3. The Balaban J connectivity index is 1.54. The third-order valence-electron chi connectivity index (χ3n) is 6.37. The number of carbonyl (C=O) groups is 1. The number of ketones is 1. The molecule has 5 nitrogen and oxygen atoms in total. The molecule has 1 aliphatic heterocycles. The van der Waals surface area contributed by atoms with Gasteiger partial charge in [0.05, 0.1) is 0 Å². The van der Waals surface area contributed by atoms with Gasteiger partial charge in [-0.25, -0.2) is 4.68 Å². The fraction of sp³-hybridized carbons (Fsp3) is 0.346. The topological polar surface area (TPSA) is 59.8 Å². The fourth-order valence-corrected chi connectivity index (χ4v) is 5.86. The molecule has 0 amide bonds. The molecule has 0 radical (unpaired) electrons. The third kappa shape index (κ3) is 4.22. The normalized spacial score (nSPS) is 19.2. The van der Waals surface area contributed by atoms with Crippen LogP contribution in [-0.4, -0.2) is 20.5 Å². The van der Waals surface area contributed by atoms with E-state index in [1.807, 2.05) is 28.9 Å². The summed E-state index contributed by atoms with van der Waals surface area (Å²) in [5.74, 6) is 1.59. The molecule has 1 N–H and O–H groups in total. The lowest BCUT2D eigenvalue weighted by atomic mass is 9.73. The number of carbonyl (C=O) groups excluding carboxylic acids is 1. The Morgan fingerprint density at radius 2 is 1.97 bits per heavy atom. The summed E-state index contributed by atoms with van der Waals surface area (Å²) in [5, 5.41) is 9.58. The van der Waals surface area contributed by atoms with Crippen LogP contribution in [0.3, 0.4) is 0 Å². The van der Waals surface area contributed by atoms with E-state index in [0.29, 0.717) is 22.5 Å². The minimum absolute atomic E-state index is 0.101. The molecule has 0 unspecified atom stereocenters. The van der Waals surface area contributed by atoms with Crippen LogP contribution < -0.4 is 5.32 Å². The second-order valence-corrected chi connectivity index (χ2v) is 11.1. The van der Waals surface area contributed by atoms with E-state index < -0.39 is 0 Å². The number of Topliss-reactive ketones (excluding diaryl/α,β-unsaturated/α-hetero) is 1. The predicted molar refractivity (Wildman–Crippen MR) is 134 cm³/mol. The van der Waals surface area contributed by atoms with E-state index >= 15 is 0 Å². The Morgan fingerprint density at radius 3 is 2.76 bits per heavy atom. The molecule has 3 aromatic rings. The average Bonchev–Trinajstić information content (AvgIpc) is 3.15. The van der Waals surface area contributed by atoms with Gasteiger partial charge in [0.2, 0.25) is 11.1 Å². The van der Waals surface area contributed by atoms with Crippen LogP contribution in [0.5, 0.6) is 0 Å². The van der Waals surface area contributed by atoms with Gasteiger partial charge in [-0.15, -0.1) is 5.10 Å². The smallest absolute Gasteiger partial charge is 0.227 e. The van der Waals surface area contributed by atoms with E-state index in [9.17, 15) is 4.79 Å². The summed E-state index contributed by atoms with van der Waals surface area (Å²) in [4.78, 5) is 18.1. The first-order valence-electron chi connectivity index (χ1n) is 11.1. The number of halogens is 1. The number of rotatable bonds is 4. The Kier molecular flexibility index (Phi) is 5.61. The highest BCUT2D eigenvalue weighted by Crippen LogP contribution is 2.46. The van der Waals surface area contributed by atoms with E-state index in [4.69, 9.17) is 21.7 Å². The van der Waals surface area contributed by atoms with Crippen molar-refractivity contribution in [2.45, 2.75) is 57.5 Å². The molecule has 0 saturated carbocycles. The molecule has 33 heavy (non-hydrogen) atoms. The molecule has 1 aromatic heterocycles. The molecule has 5 rings (SSSR count). The average molecular weight is 479 g/mol. The van der Waals surface area contributed by atoms with Crippen molar-refractivity contribution in [1.82, 2.24) is 14.8 Å². The van der Waals surface area contributed by atoms with E-state index in [0.717, 1.165) is 29.0 Å². The molecule has 1 aliphatic carbocycles. The summed E-state index contributed by atoms with van der Waals surface area (Å²) in [6, 6.07) is 13.8. The van der Waals surface area contributed by atoms with Crippen LogP contribution in [0.1, 0.15) is 55.0 Å². The number of fused-ring (bicyclic) bond motifs is 1. The highest BCUT2D eigenvalue weighted by atomic mass is 35.5. The molecule has 1 atom stereocenters. The van der Waals surface area contributed by atoms with Gasteiger partial charge in [0, 0.05) is 34.0 Å². The number of nitrogens with one attached hydrogen (secondary N) is 1. The van der Waals surface area contributed by atoms with Crippen LogP contribution in [0, 0.1) is 19.3 Å². The summed E-state index contributed by atoms with van der Waals surface area (Å²) in [6.45, 7) is 8.49. The number of hydrogen-bond donors (Lipinski definition) is 1. The molecule has 0 spiro atoms. The zero-order valence-electron chi connectivity index (χ0n) is 19.3. The van der Waals surface area contributed by atoms with Crippen LogP contribution in [0.4, 0.5) is 5.95 Å². The van der Waals surface area contributed by atoms with Crippen molar-refractivity contribution in [3.8, 4) is 0 Å². The maximum Gasteiger partial charge on any atom is 0.227 e. The van der Waals surface area contributed by atoms with Crippen molar-refractivity contribution < 1.29 is 4.79 Å². The SMILES string of the molecule is Cc1ccc(C)c(CSc2nc3n(n2)[C@@H](c2ccccc2Cl)C2=C(CC(C)(C)CC2=O)N3)c1. The zero-order valence-corrected chi connectivity index (χ0v) is 20.8. The molecular formula is C26H27ClN4OS. The van der Waals surface area contributed by atoms with Crippen molar-refractivity contribution in [3.63, 3.8) is 0 Å². The lowest BCUT2D eigenvalue weighted by Crippen LogP contribution is -2.36. The number of benzene rings is 2. The van der Waals surface area contributed by atoms with Gasteiger partial charge in [0.15, 0.2) is 5.78 Å². The quantitative estimate of drug-likeness (QED) is 0.434. The van der Waals surface area contributed by atoms with Crippen LogP contribution >= 0.6 is 23.4 Å². The second kappa shape index (κ2) is 8.33. The molecule has 0 fully saturated rings. The Bertz CT molecular complexity index is 1290. The van der Waals surface area contributed by atoms with Crippen molar-refractivity contribution >= 4 is 35.1 Å². The van der Waals surface area contributed by atoms with Gasteiger partial charge in [0.25, 0.3) is 0 Å². The summed E-state index contributed by atoms with van der Waals surface area (Å²) in [7, 11) is 0. The van der Waals surface area contributed by atoms with Crippen LogP contribution in [-0.2, 0) is 10.5 Å². The van der Waals surface area contributed by atoms with Gasteiger partial charge < -0.3 is 5.32 Å². The largest absolute Gasteiger partial charge is 0.328 e. The number of nitrogens with zero attached hydrogens (tertiary/aromatic N) is 3. The minimum atomic E-state index is -0.379. The van der Waals surface area contributed by atoms with Crippen LogP contribution in [0.15, 0.2) is 58.9 Å². The number of anilines is 1. The van der Waals surface area contributed by atoms with Crippen molar-refractivity contribution in [1.29, 1.82) is 0 Å². The van der Waals surface area contributed by atoms with Gasteiger partial charge >= 0.3 is 0 Å². The van der Waals surface area contributed by atoms with Crippen molar-refractivity contribution in [3.05, 3.63) is 81.0 Å². The fourth-order valence-electron chi connectivity index (χ4n) is 4.73. The highest BCUT2D eigenvalue weighted by Gasteiger charge is 2.42. The molecule has 170 valence electrons. The van der Waals surface area contributed by atoms with Crippen molar-refractivity contribution in [2.75, 3.05) is 5.32 Å². The Hall–Kier alpha value is -2.57. The summed E-state index contributed by atoms with van der Waals surface area (Å²) < 4.78 is 1.84. The third-order valence-corrected chi connectivity index (χ3v) is 7.60. The molecule has 2 heterocycles. The molecule has 2 aliphatic rings. The van der Waals surface area contributed by atoms with E-state index in [2.05, 4.69) is 51.2 Å². The standard InChI is InChI=1S/C26H27ClN4OS/c1-15-9-10-16(2)17(11-15)14-33-25-29-24-28-20-12-26(3,4)13-21(32)22(20)23(31(24)30-25)18-7-5-6-8-19(18)27/h5-11,23H,12-14H2,1-4H3,(H,28,29,30)/t23-/m0/s1. The van der Waals surface area contributed by atoms with E-state index in [1.165, 1.54) is 16.7 Å². The molecular weight excluding hydrogens is 452 g/mol. The Labute approximate surface area is 203 Å². The molecule has 7 heteroatoms. The van der Waals surface area contributed by atoms with Crippen molar-refractivity contribution in [2.24, 2.45) is 5.41 Å². The minimum Gasteiger partial charge on any atom is -0.328 e. The number of aromatic nitrogens is 3. The van der Waals surface area contributed by atoms with Crippen LogP contribution in [0.2, 0.25) is 5.02 Å². The summed E-state index contributed by atoms with van der Waals surface area (Å²) in [6.07, 6.45) is 1.29. The lowest BCUT2D eigenvalue weighted by Gasteiger charge is -2.38. The van der Waals surface area contributed by atoms with Gasteiger partial charge in [-0.3, -0.25) is 4.79 Å². The van der Waals surface area contributed by atoms with Crippen LogP contribution in [0.25, 0.3) is 0 Å². The number of allylic oxidation sites excluding steroid dienone is 2. The van der Waals surface area contributed by atoms with Gasteiger partial charge in [-0.05, 0) is 42.9 Å². The second-order valence-electron chi connectivity index (χ2n) is 9.76. The number of aryl methyl sites for hydroxylation is 2. The first-order chi connectivity index (χ1) is 15.7. The van der Waals surface area contributed by atoms with Gasteiger partial charge in [-0.1, -0.05) is 79.2 Å². The first-order valence-corrected chi connectivity index (χ1v) is 12.5.